The number of hydrogen-bond donors (Lipinski definition) is 4. The van der Waals surface area contributed by atoms with Crippen LogP contribution in [0.4, 0.5) is 17.1 Å². The molecule has 1 aliphatic rings. The third kappa shape index (κ3) is 4.82. The number of carbonyl (C=O) groups is 2. The van der Waals surface area contributed by atoms with Crippen molar-refractivity contribution < 1.29 is 19.8 Å². The van der Waals surface area contributed by atoms with Crippen molar-refractivity contribution >= 4 is 28.9 Å². The third-order valence-electron chi connectivity index (χ3n) is 6.28. The molecule has 0 fully saturated rings. The van der Waals surface area contributed by atoms with Crippen LogP contribution in [-0.2, 0) is 16.9 Å². The molecular formula is C28H29N3O4. The maximum atomic E-state index is 13.5. The molecule has 35 heavy (non-hydrogen) atoms. The zero-order valence-corrected chi connectivity index (χ0v) is 19.5. The van der Waals surface area contributed by atoms with Gasteiger partial charge in [-0.05, 0) is 54.4 Å². The number of nitrogens with two attached hydrogens (primary N) is 1. The summed E-state index contributed by atoms with van der Waals surface area (Å²) in [6, 6.07) is 21.2. The average molecular weight is 472 g/mol. The highest BCUT2D eigenvalue weighted by Crippen LogP contribution is 2.45. The van der Waals surface area contributed by atoms with Crippen LogP contribution in [0.15, 0.2) is 84.9 Å². The lowest BCUT2D eigenvalue weighted by molar-refractivity contribution is -0.139. The molecule has 0 saturated heterocycles. The first-order valence-corrected chi connectivity index (χ1v) is 11.5. The Bertz CT molecular complexity index is 1240. The number of nitrogen functional groups attached to an aromatic ring is 1. The minimum atomic E-state index is -1.68. The van der Waals surface area contributed by atoms with Gasteiger partial charge in [0.2, 0.25) is 0 Å². The van der Waals surface area contributed by atoms with Gasteiger partial charge < -0.3 is 26.2 Å². The second-order valence-electron chi connectivity index (χ2n) is 8.68. The molecule has 0 spiro atoms. The maximum absolute atomic E-state index is 13.5. The average Bonchev–Trinajstić information content (AvgIpc) is 3.08. The van der Waals surface area contributed by atoms with E-state index in [1.807, 2.05) is 30.3 Å². The van der Waals surface area contributed by atoms with E-state index in [0.717, 1.165) is 5.56 Å². The van der Waals surface area contributed by atoms with E-state index >= 15 is 0 Å². The molecule has 5 N–H and O–H groups in total. The van der Waals surface area contributed by atoms with Gasteiger partial charge in [0.25, 0.3) is 11.8 Å². The minimum Gasteiger partial charge on any atom is -0.399 e. The van der Waals surface area contributed by atoms with Crippen molar-refractivity contribution in [1.29, 1.82) is 0 Å². The van der Waals surface area contributed by atoms with Gasteiger partial charge in [-0.15, -0.1) is 0 Å². The van der Waals surface area contributed by atoms with E-state index < -0.39 is 11.5 Å². The number of para-hydroxylation sites is 1. The molecule has 0 aliphatic carbocycles. The van der Waals surface area contributed by atoms with E-state index in [-0.39, 0.29) is 25.0 Å². The highest BCUT2D eigenvalue weighted by atomic mass is 16.3. The summed E-state index contributed by atoms with van der Waals surface area (Å²) in [5.74, 6) is -1.10. The predicted molar refractivity (Wildman–Crippen MR) is 137 cm³/mol. The summed E-state index contributed by atoms with van der Waals surface area (Å²) in [5.41, 5.74) is 7.80. The largest absolute Gasteiger partial charge is 0.399 e. The predicted octanol–water partition coefficient (Wildman–Crippen LogP) is 3.83. The number of anilines is 3. The highest BCUT2D eigenvalue weighted by molar-refractivity contribution is 6.07. The first-order valence-electron chi connectivity index (χ1n) is 11.5. The van der Waals surface area contributed by atoms with Crippen molar-refractivity contribution in [2.75, 3.05) is 22.6 Å². The maximum Gasteiger partial charge on any atom is 0.264 e. The van der Waals surface area contributed by atoms with Gasteiger partial charge in [-0.2, -0.15) is 0 Å². The molecule has 1 aliphatic heterocycles. The topological polar surface area (TPSA) is 116 Å². The Morgan fingerprint density at radius 2 is 1.77 bits per heavy atom. The van der Waals surface area contributed by atoms with E-state index in [9.17, 15) is 14.7 Å². The first-order chi connectivity index (χ1) is 16.8. The van der Waals surface area contributed by atoms with Gasteiger partial charge in [0.1, 0.15) is 0 Å². The summed E-state index contributed by atoms with van der Waals surface area (Å²) >= 11 is 0. The van der Waals surface area contributed by atoms with Crippen LogP contribution in [-0.4, -0.2) is 28.6 Å². The van der Waals surface area contributed by atoms with E-state index in [0.29, 0.717) is 34.6 Å². The van der Waals surface area contributed by atoms with Crippen molar-refractivity contribution in [3.8, 4) is 0 Å². The quantitative estimate of drug-likeness (QED) is 0.294. The number of nitrogens with one attached hydrogen (secondary N) is 1. The summed E-state index contributed by atoms with van der Waals surface area (Å²) in [7, 11) is 0. The molecule has 0 bridgehead atoms. The fraction of sp³-hybridized carbons (Fsp3) is 0.214. The van der Waals surface area contributed by atoms with Crippen LogP contribution in [0.2, 0.25) is 0 Å². The first kappa shape index (κ1) is 24.2. The van der Waals surface area contributed by atoms with E-state index in [1.54, 1.807) is 66.4 Å². The van der Waals surface area contributed by atoms with Gasteiger partial charge in [-0.25, -0.2) is 0 Å². The molecule has 180 valence electrons. The zero-order valence-electron chi connectivity index (χ0n) is 19.5. The van der Waals surface area contributed by atoms with Crippen molar-refractivity contribution in [3.05, 3.63) is 102 Å². The Hall–Kier alpha value is -3.94. The van der Waals surface area contributed by atoms with Gasteiger partial charge in [-0.3, -0.25) is 9.59 Å². The number of carbonyl (C=O) groups excluding carboxylic acids is 2. The Kier molecular flexibility index (Phi) is 7.00. The molecule has 0 aromatic heterocycles. The van der Waals surface area contributed by atoms with Crippen molar-refractivity contribution in [1.82, 2.24) is 0 Å². The molecule has 0 radical (unpaired) electrons. The number of nitrogens with zero attached hydrogens (tertiary/aromatic N) is 1. The molecule has 0 saturated carbocycles. The molecule has 7 heteroatoms. The number of fused-ring (bicyclic) bond motifs is 1. The summed E-state index contributed by atoms with van der Waals surface area (Å²) < 4.78 is 0. The summed E-state index contributed by atoms with van der Waals surface area (Å²) in [4.78, 5) is 27.5. The normalized spacial score (nSPS) is 18.0. The van der Waals surface area contributed by atoms with Gasteiger partial charge in [0.05, 0.1) is 12.2 Å². The van der Waals surface area contributed by atoms with E-state index in [1.165, 1.54) is 0 Å². The molecular weight excluding hydrogens is 442 g/mol. The highest BCUT2D eigenvalue weighted by Gasteiger charge is 2.52. The Balaban J connectivity index is 1.51. The van der Waals surface area contributed by atoms with Gasteiger partial charge in [-0.1, -0.05) is 49.4 Å². The van der Waals surface area contributed by atoms with Crippen LogP contribution < -0.4 is 16.0 Å². The third-order valence-corrected chi connectivity index (χ3v) is 6.28. The van der Waals surface area contributed by atoms with Crippen LogP contribution in [0, 0.1) is 5.92 Å². The minimum absolute atomic E-state index is 0.00867. The van der Waals surface area contributed by atoms with Crippen molar-refractivity contribution in [3.63, 3.8) is 0 Å². The molecule has 7 nitrogen and oxygen atoms in total. The smallest absolute Gasteiger partial charge is 0.264 e. The summed E-state index contributed by atoms with van der Waals surface area (Å²) in [5, 5.41) is 23.4. The molecule has 3 aromatic carbocycles. The van der Waals surface area contributed by atoms with Crippen LogP contribution in [0.25, 0.3) is 0 Å². The second kappa shape index (κ2) is 10.1. The fourth-order valence-electron chi connectivity index (χ4n) is 4.29. The van der Waals surface area contributed by atoms with Crippen molar-refractivity contribution in [2.45, 2.75) is 25.5 Å². The molecule has 0 unspecified atom stereocenters. The number of amides is 2. The fourth-order valence-corrected chi connectivity index (χ4v) is 4.29. The lowest BCUT2D eigenvalue weighted by Crippen LogP contribution is -2.44. The van der Waals surface area contributed by atoms with Gasteiger partial charge in [0, 0.05) is 35.0 Å². The Labute approximate surface area is 204 Å². The number of aliphatic hydroxyl groups is 2. The second-order valence-corrected chi connectivity index (χ2v) is 8.68. The van der Waals surface area contributed by atoms with Gasteiger partial charge in [0.15, 0.2) is 5.60 Å². The summed E-state index contributed by atoms with van der Waals surface area (Å²) in [6.45, 7) is 2.08. The zero-order chi connectivity index (χ0) is 25.0. The number of aliphatic hydroxyl groups excluding tert-OH is 1. The Morgan fingerprint density at radius 3 is 2.46 bits per heavy atom. The van der Waals surface area contributed by atoms with E-state index in [2.05, 4.69) is 5.32 Å². The lowest BCUT2D eigenvalue weighted by Gasteiger charge is -2.27. The van der Waals surface area contributed by atoms with E-state index in [4.69, 9.17) is 10.8 Å². The summed E-state index contributed by atoms with van der Waals surface area (Å²) in [6.07, 6.45) is 4.01. The number of hydrogen-bond acceptors (Lipinski definition) is 5. The van der Waals surface area contributed by atoms with Crippen molar-refractivity contribution in [2.24, 2.45) is 5.92 Å². The van der Waals surface area contributed by atoms with Gasteiger partial charge >= 0.3 is 0 Å². The molecule has 2 amide bonds. The number of rotatable bonds is 8. The molecule has 1 heterocycles. The molecule has 2 atom stereocenters. The number of benzene rings is 3. The standard InChI is InChI=1S/C28H29N3O4/c1-19(6-4-5-17-32)28(35)24-7-2-3-8-25(24)31(27(28)34)18-20-9-15-23(16-10-20)30-26(33)21-11-13-22(29)14-12-21/h2-4,6-16,19,32,35H,5,17-18,29H2,1H3,(H,30,33)/b6-4+/t19-,28+/m1/s1. The van der Waals surface area contributed by atoms with Crippen LogP contribution in [0.1, 0.15) is 34.8 Å². The Morgan fingerprint density at radius 1 is 1.09 bits per heavy atom. The molecule has 4 rings (SSSR count). The van der Waals surface area contributed by atoms with Crippen LogP contribution >= 0.6 is 0 Å². The monoisotopic (exact) mass is 471 g/mol. The van der Waals surface area contributed by atoms with Crippen LogP contribution in [0.3, 0.4) is 0 Å². The lowest BCUT2D eigenvalue weighted by atomic mass is 9.83. The van der Waals surface area contributed by atoms with Crippen LogP contribution in [0.5, 0.6) is 0 Å². The molecule has 3 aromatic rings. The SMILES string of the molecule is C[C@H](/C=C/CCO)[C@@]1(O)C(=O)N(Cc2ccc(NC(=O)c3ccc(N)cc3)cc2)c2ccccc21.